The van der Waals surface area contributed by atoms with Crippen molar-refractivity contribution in [1.29, 1.82) is 0 Å². The zero-order valence-corrected chi connectivity index (χ0v) is 22.1. The van der Waals surface area contributed by atoms with E-state index < -0.39 is 0 Å². The van der Waals surface area contributed by atoms with Crippen LogP contribution in [0.5, 0.6) is 0 Å². The van der Waals surface area contributed by atoms with Crippen LogP contribution in [-0.2, 0) is 0 Å². The van der Waals surface area contributed by atoms with Gasteiger partial charge in [0.2, 0.25) is 0 Å². The van der Waals surface area contributed by atoms with Crippen molar-refractivity contribution in [2.24, 2.45) is 0 Å². The summed E-state index contributed by atoms with van der Waals surface area (Å²) in [4.78, 5) is 0. The van der Waals surface area contributed by atoms with E-state index in [9.17, 15) is 0 Å². The first-order chi connectivity index (χ1) is 18.8. The maximum atomic E-state index is 3.23. The molecule has 0 nitrogen and oxygen atoms in total. The first kappa shape index (κ1) is 21.8. The lowest BCUT2D eigenvalue weighted by atomic mass is 9.95. The SMILES string of the molecule is [c]1ccc2c(c1)sc1c(-c3cccc(-c4cccc(-c5cccc6c5sc5ccccc56)c4)c3)cccc12. The van der Waals surface area contributed by atoms with Crippen molar-refractivity contribution in [2.45, 2.75) is 0 Å². The predicted molar refractivity (Wildman–Crippen MR) is 167 cm³/mol. The molecule has 8 aromatic rings. The van der Waals surface area contributed by atoms with Crippen LogP contribution in [0.4, 0.5) is 0 Å². The third-order valence-corrected chi connectivity index (χ3v) is 9.85. The third-order valence-electron chi connectivity index (χ3n) is 7.43. The van der Waals surface area contributed by atoms with E-state index in [0.717, 1.165) is 0 Å². The van der Waals surface area contributed by atoms with Gasteiger partial charge >= 0.3 is 0 Å². The van der Waals surface area contributed by atoms with Gasteiger partial charge in [-0.3, -0.25) is 0 Å². The molecule has 0 aliphatic heterocycles. The molecule has 0 N–H and O–H groups in total. The molecule has 0 atom stereocenters. The predicted octanol–water partition coefficient (Wildman–Crippen LogP) is 11.2. The molecule has 0 saturated carbocycles. The lowest BCUT2D eigenvalue weighted by Gasteiger charge is -2.10. The monoisotopic (exact) mass is 517 g/mol. The summed E-state index contributed by atoms with van der Waals surface area (Å²) in [6.07, 6.45) is 0. The summed E-state index contributed by atoms with van der Waals surface area (Å²) in [6, 6.07) is 49.6. The van der Waals surface area contributed by atoms with E-state index in [1.807, 2.05) is 28.7 Å². The van der Waals surface area contributed by atoms with Crippen molar-refractivity contribution < 1.29 is 0 Å². The molecule has 0 amide bonds. The molecule has 6 aromatic carbocycles. The van der Waals surface area contributed by atoms with Gasteiger partial charge in [0.05, 0.1) is 0 Å². The minimum atomic E-state index is 1.24. The average Bonchev–Trinajstić information content (AvgIpc) is 3.56. The summed E-state index contributed by atoms with van der Waals surface area (Å²) in [5.74, 6) is 0. The Morgan fingerprint density at radius 1 is 0.421 bits per heavy atom. The Morgan fingerprint density at radius 2 is 0.947 bits per heavy atom. The number of hydrogen-bond donors (Lipinski definition) is 0. The van der Waals surface area contributed by atoms with E-state index >= 15 is 0 Å². The molecule has 0 saturated heterocycles. The molecule has 1 radical (unpaired) electrons. The molecule has 0 aliphatic carbocycles. The zero-order valence-electron chi connectivity index (χ0n) is 20.4. The van der Waals surface area contributed by atoms with E-state index in [-0.39, 0.29) is 0 Å². The Kier molecular flexibility index (Phi) is 4.97. The summed E-state index contributed by atoms with van der Waals surface area (Å²) in [5, 5.41) is 5.31. The zero-order chi connectivity index (χ0) is 25.1. The van der Waals surface area contributed by atoms with Crippen LogP contribution in [0, 0.1) is 6.07 Å². The van der Waals surface area contributed by atoms with Crippen LogP contribution >= 0.6 is 22.7 Å². The summed E-state index contributed by atoms with van der Waals surface area (Å²) in [5.41, 5.74) is 7.57. The van der Waals surface area contributed by atoms with E-state index in [0.29, 0.717) is 0 Å². The van der Waals surface area contributed by atoms with Crippen LogP contribution in [0.3, 0.4) is 0 Å². The van der Waals surface area contributed by atoms with Crippen molar-refractivity contribution >= 4 is 63.0 Å². The number of benzene rings is 6. The molecule has 2 aromatic heterocycles. The second-order valence-electron chi connectivity index (χ2n) is 9.65. The fraction of sp³-hybridized carbons (Fsp3) is 0. The fourth-order valence-electron chi connectivity index (χ4n) is 5.63. The second-order valence-corrected chi connectivity index (χ2v) is 11.8. The Morgan fingerprint density at radius 3 is 1.63 bits per heavy atom. The highest BCUT2D eigenvalue weighted by molar-refractivity contribution is 7.26. The van der Waals surface area contributed by atoms with Crippen molar-refractivity contribution in [3.8, 4) is 33.4 Å². The molecular formula is C36H21S2. The normalized spacial score (nSPS) is 11.7. The first-order valence-corrected chi connectivity index (χ1v) is 14.4. The van der Waals surface area contributed by atoms with E-state index in [1.54, 1.807) is 0 Å². The van der Waals surface area contributed by atoms with Crippen molar-refractivity contribution in [3.63, 3.8) is 0 Å². The van der Waals surface area contributed by atoms with Crippen molar-refractivity contribution in [3.05, 3.63) is 133 Å². The molecular weight excluding hydrogens is 497 g/mol. The Labute approximate surface area is 229 Å². The Hall–Kier alpha value is -4.24. The van der Waals surface area contributed by atoms with Crippen LogP contribution in [0.1, 0.15) is 0 Å². The van der Waals surface area contributed by atoms with Crippen molar-refractivity contribution in [2.75, 3.05) is 0 Å². The van der Waals surface area contributed by atoms with Gasteiger partial charge < -0.3 is 0 Å². The van der Waals surface area contributed by atoms with Crippen LogP contribution < -0.4 is 0 Å². The van der Waals surface area contributed by atoms with Gasteiger partial charge in [0.15, 0.2) is 0 Å². The number of hydrogen-bond acceptors (Lipinski definition) is 2. The minimum absolute atomic E-state index is 1.24. The molecule has 8 rings (SSSR count). The summed E-state index contributed by atoms with van der Waals surface area (Å²) in [6.45, 7) is 0. The number of fused-ring (bicyclic) bond motifs is 6. The molecule has 177 valence electrons. The topological polar surface area (TPSA) is 0 Å². The van der Waals surface area contributed by atoms with Gasteiger partial charge in [0.1, 0.15) is 0 Å². The molecule has 0 bridgehead atoms. The number of rotatable bonds is 3. The summed E-state index contributed by atoms with van der Waals surface area (Å²) in [7, 11) is 0. The highest BCUT2D eigenvalue weighted by Gasteiger charge is 2.13. The van der Waals surface area contributed by atoms with Crippen LogP contribution in [0.2, 0.25) is 0 Å². The molecule has 0 spiro atoms. The van der Waals surface area contributed by atoms with Gasteiger partial charge in [-0.15, -0.1) is 22.7 Å². The highest BCUT2D eigenvalue weighted by Crippen LogP contribution is 2.42. The Bertz CT molecular complexity index is 1990. The second kappa shape index (κ2) is 8.66. The van der Waals surface area contributed by atoms with E-state index in [1.165, 1.54) is 73.7 Å². The lowest BCUT2D eigenvalue weighted by molar-refractivity contribution is 1.60. The smallest absolute Gasteiger partial charge is 0.0433 e. The van der Waals surface area contributed by atoms with Crippen LogP contribution in [-0.4, -0.2) is 0 Å². The van der Waals surface area contributed by atoms with Crippen molar-refractivity contribution in [1.82, 2.24) is 0 Å². The van der Waals surface area contributed by atoms with E-state index in [4.69, 9.17) is 0 Å². The van der Waals surface area contributed by atoms with Gasteiger partial charge in [-0.1, -0.05) is 103 Å². The summed E-state index contributed by atoms with van der Waals surface area (Å²) < 4.78 is 5.32. The average molecular weight is 518 g/mol. The summed E-state index contributed by atoms with van der Waals surface area (Å²) >= 11 is 3.74. The highest BCUT2D eigenvalue weighted by atomic mass is 32.1. The van der Waals surface area contributed by atoms with Crippen LogP contribution in [0.15, 0.2) is 127 Å². The lowest BCUT2D eigenvalue weighted by Crippen LogP contribution is -1.84. The van der Waals surface area contributed by atoms with E-state index in [2.05, 4.69) is 127 Å². The third kappa shape index (κ3) is 3.42. The van der Waals surface area contributed by atoms with Gasteiger partial charge in [0, 0.05) is 40.3 Å². The van der Waals surface area contributed by atoms with Gasteiger partial charge in [0.25, 0.3) is 0 Å². The standard InChI is InChI=1S/C36H21S2/c1-3-19-33-29(13-1)31-17-7-15-27(35(31)37-33)25-11-5-9-23(21-25)24-10-6-12-26(22-24)28-16-8-18-32-30-14-2-4-20-34(30)38-36(28)32/h1-3,5-22H. The molecule has 38 heavy (non-hydrogen) atoms. The quantitative estimate of drug-likeness (QED) is 0.219. The maximum absolute atomic E-state index is 3.23. The Balaban J connectivity index is 1.25. The molecule has 2 heterocycles. The molecule has 2 heteroatoms. The molecule has 0 aliphatic rings. The molecule has 0 fully saturated rings. The number of thiophene rings is 2. The van der Waals surface area contributed by atoms with Crippen LogP contribution in [0.25, 0.3) is 73.7 Å². The largest absolute Gasteiger partial charge is 0.135 e. The minimum Gasteiger partial charge on any atom is -0.135 e. The van der Waals surface area contributed by atoms with Gasteiger partial charge in [-0.05, 0) is 63.7 Å². The fourth-order valence-corrected chi connectivity index (χ4v) is 8.08. The van der Waals surface area contributed by atoms with Gasteiger partial charge in [-0.25, -0.2) is 0 Å². The molecule has 0 unspecified atom stereocenters. The maximum Gasteiger partial charge on any atom is 0.0433 e. The first-order valence-electron chi connectivity index (χ1n) is 12.8. The van der Waals surface area contributed by atoms with Gasteiger partial charge in [-0.2, -0.15) is 0 Å².